The zero-order chi connectivity index (χ0) is 14.0. The molecular weight excluding hydrogens is 269 g/mol. The number of halogens is 1. The molecule has 0 unspecified atom stereocenters. The van der Waals surface area contributed by atoms with E-state index in [9.17, 15) is 12.8 Å². The van der Waals surface area contributed by atoms with Gasteiger partial charge in [-0.2, -0.15) is 0 Å². The van der Waals surface area contributed by atoms with Gasteiger partial charge in [-0.1, -0.05) is 6.07 Å². The van der Waals surface area contributed by atoms with Crippen molar-refractivity contribution in [2.45, 2.75) is 30.5 Å². The molecule has 1 fully saturated rings. The number of sulfonamides is 1. The van der Waals surface area contributed by atoms with Gasteiger partial charge in [0.15, 0.2) is 0 Å². The maximum absolute atomic E-state index is 13.0. The number of nitrogen functional groups attached to an aromatic ring is 1. The molecule has 19 heavy (non-hydrogen) atoms. The minimum atomic E-state index is -3.73. The summed E-state index contributed by atoms with van der Waals surface area (Å²) in [5, 5.41) is 5.04. The number of alkyl halides is 1. The first kappa shape index (κ1) is 14.2. The van der Waals surface area contributed by atoms with Crippen LogP contribution in [-0.4, -0.2) is 32.6 Å². The first-order chi connectivity index (χ1) is 8.86. The van der Waals surface area contributed by atoms with Gasteiger partial charge in [0.25, 0.3) is 0 Å². The summed E-state index contributed by atoms with van der Waals surface area (Å²) in [6, 6.07) is 4.48. The van der Waals surface area contributed by atoms with E-state index in [-0.39, 0.29) is 4.90 Å². The number of anilines is 1. The Hall–Kier alpha value is -1.18. The van der Waals surface area contributed by atoms with Gasteiger partial charge >= 0.3 is 0 Å². The molecule has 106 valence electrons. The van der Waals surface area contributed by atoms with Crippen molar-refractivity contribution in [3.63, 3.8) is 0 Å². The van der Waals surface area contributed by atoms with Crippen LogP contribution in [0, 0.1) is 0 Å². The summed E-state index contributed by atoms with van der Waals surface area (Å²) in [5.41, 5.74) is 7.08. The topological polar surface area (TPSA) is 89.4 Å². The second-order valence-electron chi connectivity index (χ2n) is 4.86. The van der Waals surface area contributed by atoms with Crippen LogP contribution in [0.2, 0.25) is 0 Å². The highest BCUT2D eigenvalue weighted by Crippen LogP contribution is 2.21. The van der Waals surface area contributed by atoms with Crippen LogP contribution in [-0.2, 0) is 16.6 Å². The van der Waals surface area contributed by atoms with Gasteiger partial charge in [-0.3, -0.25) is 4.90 Å². The maximum atomic E-state index is 13.0. The van der Waals surface area contributed by atoms with E-state index in [1.807, 2.05) is 0 Å². The summed E-state index contributed by atoms with van der Waals surface area (Å²) < 4.78 is 35.4. The van der Waals surface area contributed by atoms with Crippen LogP contribution in [0.3, 0.4) is 0 Å². The molecule has 1 aromatic rings. The Bertz CT molecular complexity index is 554. The van der Waals surface area contributed by atoms with E-state index in [0.717, 1.165) is 5.56 Å². The summed E-state index contributed by atoms with van der Waals surface area (Å²) in [4.78, 5) is 2.12. The summed E-state index contributed by atoms with van der Waals surface area (Å²) >= 11 is 0. The van der Waals surface area contributed by atoms with Crippen molar-refractivity contribution < 1.29 is 12.8 Å². The van der Waals surface area contributed by atoms with Gasteiger partial charge in [-0.05, 0) is 30.5 Å². The largest absolute Gasteiger partial charge is 0.398 e. The number of piperidine rings is 1. The van der Waals surface area contributed by atoms with Gasteiger partial charge in [0.2, 0.25) is 10.0 Å². The Morgan fingerprint density at radius 3 is 2.47 bits per heavy atom. The molecule has 0 atom stereocenters. The zero-order valence-corrected chi connectivity index (χ0v) is 11.4. The molecule has 0 amide bonds. The van der Waals surface area contributed by atoms with E-state index in [1.165, 1.54) is 12.1 Å². The molecule has 0 saturated carbocycles. The van der Waals surface area contributed by atoms with Crippen LogP contribution in [0.1, 0.15) is 18.4 Å². The minimum absolute atomic E-state index is 0.0104. The van der Waals surface area contributed by atoms with Crippen molar-refractivity contribution in [3.8, 4) is 0 Å². The van der Waals surface area contributed by atoms with Gasteiger partial charge in [0, 0.05) is 25.3 Å². The van der Waals surface area contributed by atoms with Crippen molar-refractivity contribution in [1.82, 2.24) is 4.90 Å². The van der Waals surface area contributed by atoms with Crippen LogP contribution < -0.4 is 10.9 Å². The first-order valence-corrected chi connectivity index (χ1v) is 7.68. The lowest BCUT2D eigenvalue weighted by atomic mass is 10.1. The lowest BCUT2D eigenvalue weighted by Crippen LogP contribution is -2.34. The van der Waals surface area contributed by atoms with Crippen molar-refractivity contribution >= 4 is 15.7 Å². The van der Waals surface area contributed by atoms with Crippen LogP contribution >= 0.6 is 0 Å². The van der Waals surface area contributed by atoms with E-state index in [2.05, 4.69) is 4.90 Å². The number of nitrogens with zero attached hydrogens (tertiary/aromatic N) is 1. The van der Waals surface area contributed by atoms with E-state index < -0.39 is 16.2 Å². The van der Waals surface area contributed by atoms with Crippen molar-refractivity contribution in [3.05, 3.63) is 23.8 Å². The molecule has 0 radical (unpaired) electrons. The highest BCUT2D eigenvalue weighted by Gasteiger charge is 2.19. The first-order valence-electron chi connectivity index (χ1n) is 6.14. The lowest BCUT2D eigenvalue weighted by Gasteiger charge is -2.28. The number of benzene rings is 1. The molecule has 1 saturated heterocycles. The number of hydrogen-bond donors (Lipinski definition) is 2. The smallest absolute Gasteiger partial charge is 0.238 e. The third-order valence-electron chi connectivity index (χ3n) is 3.36. The Kier molecular flexibility index (Phi) is 4.07. The molecule has 0 spiro atoms. The fourth-order valence-corrected chi connectivity index (χ4v) is 2.74. The van der Waals surface area contributed by atoms with Gasteiger partial charge in [-0.25, -0.2) is 17.9 Å². The molecule has 1 aliphatic rings. The maximum Gasteiger partial charge on any atom is 0.238 e. The summed E-state index contributed by atoms with van der Waals surface area (Å²) in [5.74, 6) is 0. The number of likely N-dealkylation sites (tertiary alicyclic amines) is 1. The minimum Gasteiger partial charge on any atom is -0.398 e. The Morgan fingerprint density at radius 1 is 1.32 bits per heavy atom. The van der Waals surface area contributed by atoms with Crippen LogP contribution in [0.15, 0.2) is 23.1 Å². The van der Waals surface area contributed by atoms with E-state index in [0.29, 0.717) is 38.2 Å². The van der Waals surface area contributed by atoms with Gasteiger partial charge < -0.3 is 5.73 Å². The fraction of sp³-hybridized carbons (Fsp3) is 0.500. The Labute approximate surface area is 112 Å². The molecule has 2 rings (SSSR count). The standard InChI is InChI=1S/C12H18FN3O2S/c13-10-3-5-16(6-4-10)8-9-1-2-11(7-12(9)14)19(15,17)18/h1-2,7,10H,3-6,8,14H2,(H2,15,17,18). The van der Waals surface area contributed by atoms with E-state index in [4.69, 9.17) is 10.9 Å². The molecule has 1 heterocycles. The fourth-order valence-electron chi connectivity index (χ4n) is 2.19. The molecule has 0 aliphatic carbocycles. The third kappa shape index (κ3) is 3.65. The quantitative estimate of drug-likeness (QED) is 0.807. The van der Waals surface area contributed by atoms with Gasteiger partial charge in [0.05, 0.1) is 4.90 Å². The molecule has 4 N–H and O–H groups in total. The summed E-state index contributed by atoms with van der Waals surface area (Å²) in [6.07, 6.45) is 0.364. The van der Waals surface area contributed by atoms with Crippen molar-refractivity contribution in [2.75, 3.05) is 18.8 Å². The third-order valence-corrected chi connectivity index (χ3v) is 4.27. The molecule has 0 bridgehead atoms. The second-order valence-corrected chi connectivity index (χ2v) is 6.42. The monoisotopic (exact) mass is 287 g/mol. The van der Waals surface area contributed by atoms with Crippen molar-refractivity contribution in [2.24, 2.45) is 5.14 Å². The molecule has 5 nitrogen and oxygen atoms in total. The Balaban J connectivity index is 2.09. The molecule has 7 heteroatoms. The predicted molar refractivity (Wildman–Crippen MR) is 71.6 cm³/mol. The van der Waals surface area contributed by atoms with Gasteiger partial charge in [0.1, 0.15) is 6.17 Å². The van der Waals surface area contributed by atoms with Crippen LogP contribution in [0.4, 0.5) is 10.1 Å². The van der Waals surface area contributed by atoms with Crippen LogP contribution in [0.5, 0.6) is 0 Å². The zero-order valence-electron chi connectivity index (χ0n) is 10.5. The normalized spacial score (nSPS) is 18.6. The molecule has 1 aliphatic heterocycles. The van der Waals surface area contributed by atoms with E-state index in [1.54, 1.807) is 6.07 Å². The predicted octanol–water partition coefficient (Wildman–Crippen LogP) is 0.850. The average Bonchev–Trinajstić information content (AvgIpc) is 2.33. The molecule has 0 aromatic heterocycles. The SMILES string of the molecule is Nc1cc(S(N)(=O)=O)ccc1CN1CCC(F)CC1. The van der Waals surface area contributed by atoms with Gasteiger partial charge in [-0.15, -0.1) is 0 Å². The number of nitrogens with two attached hydrogens (primary N) is 2. The lowest BCUT2D eigenvalue weighted by molar-refractivity contribution is 0.145. The Morgan fingerprint density at radius 2 is 1.95 bits per heavy atom. The van der Waals surface area contributed by atoms with Crippen molar-refractivity contribution in [1.29, 1.82) is 0 Å². The van der Waals surface area contributed by atoms with Crippen LogP contribution in [0.25, 0.3) is 0 Å². The molecular formula is C12H18FN3O2S. The number of rotatable bonds is 3. The average molecular weight is 287 g/mol. The highest BCUT2D eigenvalue weighted by molar-refractivity contribution is 7.89. The number of primary sulfonamides is 1. The summed E-state index contributed by atoms with van der Waals surface area (Å²) in [7, 11) is -3.73. The van der Waals surface area contributed by atoms with E-state index >= 15 is 0 Å². The summed E-state index contributed by atoms with van der Waals surface area (Å²) in [6.45, 7) is 1.98. The number of hydrogen-bond acceptors (Lipinski definition) is 4. The molecule has 1 aromatic carbocycles. The highest BCUT2D eigenvalue weighted by atomic mass is 32.2. The second kappa shape index (κ2) is 5.44.